The molecule has 0 aliphatic heterocycles. The van der Waals surface area contributed by atoms with E-state index < -0.39 is 0 Å². The molecule has 0 saturated heterocycles. The Morgan fingerprint density at radius 2 is 1.57 bits per heavy atom. The number of nitrogens with one attached hydrogen (secondary N) is 3. The molecule has 0 aliphatic rings. The summed E-state index contributed by atoms with van der Waals surface area (Å²) in [4.78, 5) is 25.8. The van der Waals surface area contributed by atoms with Crippen LogP contribution in [-0.4, -0.2) is 31.4 Å². The van der Waals surface area contributed by atoms with Crippen molar-refractivity contribution in [2.75, 3.05) is 18.9 Å². The van der Waals surface area contributed by atoms with Crippen molar-refractivity contribution in [2.24, 2.45) is 0 Å². The fourth-order valence-electron chi connectivity index (χ4n) is 3.11. The van der Waals surface area contributed by atoms with E-state index in [4.69, 9.17) is 0 Å². The first kappa shape index (κ1) is 21.6. The molecular weight excluding hydrogens is 350 g/mol. The molecule has 0 bridgehead atoms. The van der Waals surface area contributed by atoms with Crippen LogP contribution in [0.4, 0.5) is 5.69 Å². The van der Waals surface area contributed by atoms with Crippen molar-refractivity contribution in [3.63, 3.8) is 0 Å². The van der Waals surface area contributed by atoms with Crippen LogP contribution >= 0.6 is 0 Å². The van der Waals surface area contributed by atoms with Gasteiger partial charge in [-0.2, -0.15) is 0 Å². The molecule has 2 atom stereocenters. The predicted octanol–water partition coefficient (Wildman–Crippen LogP) is 2.02. The van der Waals surface area contributed by atoms with E-state index in [1.165, 1.54) is 11.1 Å². The third-order valence-electron chi connectivity index (χ3n) is 5.22. The molecule has 0 spiro atoms. The van der Waals surface area contributed by atoms with Crippen molar-refractivity contribution in [1.82, 2.24) is 5.32 Å². The van der Waals surface area contributed by atoms with Crippen LogP contribution in [0.2, 0.25) is 0 Å². The Bertz CT molecular complexity index is 795. The predicted molar refractivity (Wildman–Crippen MR) is 113 cm³/mol. The summed E-state index contributed by atoms with van der Waals surface area (Å²) in [6.07, 6.45) is 1.02. The van der Waals surface area contributed by atoms with E-state index in [0.29, 0.717) is 0 Å². The summed E-state index contributed by atoms with van der Waals surface area (Å²) in [5, 5.41) is 5.65. The molecule has 2 rings (SSSR count). The van der Waals surface area contributed by atoms with Gasteiger partial charge in [-0.3, -0.25) is 9.59 Å². The Hall–Kier alpha value is -2.66. The van der Waals surface area contributed by atoms with Gasteiger partial charge < -0.3 is 15.5 Å². The van der Waals surface area contributed by atoms with Crippen LogP contribution in [-0.2, 0) is 22.6 Å². The zero-order valence-corrected chi connectivity index (χ0v) is 17.6. The number of carbonyl (C=O) groups excluding carboxylic acids is 2. The molecule has 28 heavy (non-hydrogen) atoms. The first-order chi connectivity index (χ1) is 13.3. The molecule has 0 radical (unpaired) electrons. The number of carbonyl (C=O) groups is 2. The Kier molecular flexibility index (Phi) is 7.76. The first-order valence-corrected chi connectivity index (χ1v) is 9.85. The minimum absolute atomic E-state index is 0.0323. The molecule has 0 fully saturated rings. The van der Waals surface area contributed by atoms with Gasteiger partial charge in [0.05, 0.1) is 13.6 Å². The van der Waals surface area contributed by atoms with Gasteiger partial charge in [0, 0.05) is 11.3 Å². The SMILES string of the molecule is CCc1ccc(C[NH+](C)[C@H](C)C(=O)NCC(=O)Nc2c(C)cccc2C)cc1. The Labute approximate surface area is 168 Å². The van der Waals surface area contributed by atoms with Crippen LogP contribution in [0, 0.1) is 13.8 Å². The van der Waals surface area contributed by atoms with Crippen molar-refractivity contribution >= 4 is 17.5 Å². The summed E-state index contributed by atoms with van der Waals surface area (Å²) in [6, 6.07) is 14.1. The quantitative estimate of drug-likeness (QED) is 0.654. The summed E-state index contributed by atoms with van der Waals surface area (Å²) in [5.74, 6) is -0.343. The second-order valence-electron chi connectivity index (χ2n) is 7.45. The van der Waals surface area contributed by atoms with Crippen molar-refractivity contribution in [3.8, 4) is 0 Å². The summed E-state index contributed by atoms with van der Waals surface area (Å²) in [5.41, 5.74) is 5.33. The van der Waals surface area contributed by atoms with Gasteiger partial charge in [0.2, 0.25) is 5.91 Å². The van der Waals surface area contributed by atoms with E-state index >= 15 is 0 Å². The maximum absolute atomic E-state index is 12.5. The van der Waals surface area contributed by atoms with E-state index in [9.17, 15) is 9.59 Å². The zero-order chi connectivity index (χ0) is 20.7. The smallest absolute Gasteiger partial charge is 0.278 e. The molecule has 150 valence electrons. The fourth-order valence-corrected chi connectivity index (χ4v) is 3.11. The van der Waals surface area contributed by atoms with Gasteiger partial charge in [0.25, 0.3) is 5.91 Å². The number of rotatable bonds is 8. The van der Waals surface area contributed by atoms with E-state index in [1.54, 1.807) is 0 Å². The number of benzene rings is 2. The third kappa shape index (κ3) is 5.92. The van der Waals surface area contributed by atoms with E-state index in [-0.39, 0.29) is 24.4 Å². The van der Waals surface area contributed by atoms with E-state index in [2.05, 4.69) is 41.8 Å². The number of hydrogen-bond acceptors (Lipinski definition) is 2. The minimum atomic E-state index is -0.251. The second-order valence-corrected chi connectivity index (χ2v) is 7.45. The molecule has 2 aromatic rings. The normalized spacial score (nSPS) is 12.9. The van der Waals surface area contributed by atoms with Crippen molar-refractivity contribution in [3.05, 3.63) is 64.7 Å². The van der Waals surface area contributed by atoms with Crippen LogP contribution in [0.3, 0.4) is 0 Å². The number of para-hydroxylation sites is 1. The van der Waals surface area contributed by atoms with Crippen molar-refractivity contribution in [1.29, 1.82) is 0 Å². The second kappa shape index (κ2) is 10.0. The van der Waals surface area contributed by atoms with Gasteiger partial charge in [-0.1, -0.05) is 49.4 Å². The highest BCUT2D eigenvalue weighted by atomic mass is 16.2. The van der Waals surface area contributed by atoms with Gasteiger partial charge in [-0.15, -0.1) is 0 Å². The molecule has 1 unspecified atom stereocenters. The average Bonchev–Trinajstić information content (AvgIpc) is 2.69. The fraction of sp³-hybridized carbons (Fsp3) is 0.391. The van der Waals surface area contributed by atoms with E-state index in [0.717, 1.165) is 34.7 Å². The average molecular weight is 383 g/mol. The van der Waals surface area contributed by atoms with Gasteiger partial charge in [-0.25, -0.2) is 0 Å². The summed E-state index contributed by atoms with van der Waals surface area (Å²) >= 11 is 0. The molecule has 2 aromatic carbocycles. The lowest BCUT2D eigenvalue weighted by atomic mass is 10.1. The van der Waals surface area contributed by atoms with Gasteiger partial charge in [0.1, 0.15) is 6.54 Å². The molecule has 5 heteroatoms. The largest absolute Gasteiger partial charge is 0.342 e. The zero-order valence-electron chi connectivity index (χ0n) is 17.6. The minimum Gasteiger partial charge on any atom is -0.342 e. The van der Waals surface area contributed by atoms with Crippen LogP contribution in [0.15, 0.2) is 42.5 Å². The monoisotopic (exact) mass is 382 g/mol. The van der Waals surface area contributed by atoms with Gasteiger partial charge in [-0.05, 0) is 43.9 Å². The van der Waals surface area contributed by atoms with Crippen LogP contribution < -0.4 is 15.5 Å². The molecule has 3 N–H and O–H groups in total. The highest BCUT2D eigenvalue weighted by Crippen LogP contribution is 2.18. The highest BCUT2D eigenvalue weighted by molar-refractivity contribution is 5.96. The van der Waals surface area contributed by atoms with E-state index in [1.807, 2.05) is 46.0 Å². The number of anilines is 1. The first-order valence-electron chi connectivity index (χ1n) is 9.85. The number of amides is 2. The lowest BCUT2D eigenvalue weighted by molar-refractivity contribution is -0.908. The highest BCUT2D eigenvalue weighted by Gasteiger charge is 2.22. The molecule has 0 heterocycles. The standard InChI is InChI=1S/C23H31N3O2/c1-6-19-10-12-20(13-11-19)15-26(5)18(4)23(28)24-14-21(27)25-22-16(2)8-7-9-17(22)3/h7-13,18H,6,14-15H2,1-5H3,(H,24,28)(H,25,27)/p+1/t18-/m1/s1. The summed E-state index contributed by atoms with van der Waals surface area (Å²) in [7, 11) is 1.99. The van der Waals surface area contributed by atoms with Crippen molar-refractivity contribution < 1.29 is 14.5 Å². The maximum atomic E-state index is 12.5. The number of hydrogen-bond donors (Lipinski definition) is 3. The van der Waals surface area contributed by atoms with Crippen molar-refractivity contribution in [2.45, 2.75) is 46.7 Å². The molecule has 2 amide bonds. The lowest BCUT2D eigenvalue weighted by Gasteiger charge is -2.21. The molecule has 0 saturated carbocycles. The summed E-state index contributed by atoms with van der Waals surface area (Å²) in [6.45, 7) is 8.65. The number of aryl methyl sites for hydroxylation is 3. The number of quaternary nitrogens is 1. The maximum Gasteiger partial charge on any atom is 0.278 e. The molecular formula is C23H32N3O2+. The van der Waals surface area contributed by atoms with Gasteiger partial charge in [0.15, 0.2) is 6.04 Å². The van der Waals surface area contributed by atoms with Crippen LogP contribution in [0.25, 0.3) is 0 Å². The summed E-state index contributed by atoms with van der Waals surface area (Å²) < 4.78 is 0. The molecule has 0 aliphatic carbocycles. The Morgan fingerprint density at radius 1 is 1.00 bits per heavy atom. The Morgan fingerprint density at radius 3 is 2.14 bits per heavy atom. The van der Waals surface area contributed by atoms with Gasteiger partial charge >= 0.3 is 0 Å². The molecule has 5 nitrogen and oxygen atoms in total. The van der Waals surface area contributed by atoms with Crippen LogP contribution in [0.5, 0.6) is 0 Å². The molecule has 0 aromatic heterocycles. The Balaban J connectivity index is 1.84. The third-order valence-corrected chi connectivity index (χ3v) is 5.22. The van der Waals surface area contributed by atoms with Crippen LogP contribution in [0.1, 0.15) is 36.1 Å². The lowest BCUT2D eigenvalue weighted by Crippen LogP contribution is -3.12. The number of likely N-dealkylation sites (N-methyl/N-ethyl adjacent to an activating group) is 1. The topological polar surface area (TPSA) is 62.6 Å².